The van der Waals surface area contributed by atoms with Crippen LogP contribution in [-0.2, 0) is 10.2 Å². The fraction of sp³-hybridized carbons (Fsp3) is 0.533. The molecule has 4 heteroatoms. The highest BCUT2D eigenvalue weighted by atomic mass is 16.5. The van der Waals surface area contributed by atoms with E-state index in [0.29, 0.717) is 6.04 Å². The maximum Gasteiger partial charge on any atom is 0.181 e. The first-order valence-electron chi connectivity index (χ1n) is 7.01. The molecule has 0 saturated carbocycles. The highest BCUT2D eigenvalue weighted by Crippen LogP contribution is 2.39. The minimum Gasteiger partial charge on any atom is -0.443 e. The van der Waals surface area contributed by atoms with Crippen molar-refractivity contribution in [2.75, 3.05) is 19.8 Å². The Hall–Kier alpha value is -1.39. The van der Waals surface area contributed by atoms with Gasteiger partial charge >= 0.3 is 0 Å². The maximum atomic E-state index is 5.52. The van der Waals surface area contributed by atoms with Crippen LogP contribution in [0.4, 0.5) is 0 Å². The van der Waals surface area contributed by atoms with Gasteiger partial charge in [0.1, 0.15) is 5.52 Å². The van der Waals surface area contributed by atoms with Gasteiger partial charge in [0.2, 0.25) is 0 Å². The van der Waals surface area contributed by atoms with Crippen LogP contribution in [0.2, 0.25) is 0 Å². The number of nitrogens with one attached hydrogen (secondary N) is 1. The van der Waals surface area contributed by atoms with Crippen LogP contribution in [0.25, 0.3) is 11.1 Å². The number of aromatic nitrogens is 1. The second-order valence-corrected chi connectivity index (χ2v) is 5.81. The number of hydrogen-bond donors (Lipinski definition) is 1. The van der Waals surface area contributed by atoms with Crippen molar-refractivity contribution in [3.05, 3.63) is 30.2 Å². The van der Waals surface area contributed by atoms with Gasteiger partial charge in [0, 0.05) is 11.5 Å². The third-order valence-corrected chi connectivity index (χ3v) is 4.50. The van der Waals surface area contributed by atoms with Gasteiger partial charge in [0.05, 0.1) is 13.2 Å². The Morgan fingerprint density at radius 1 is 1.37 bits per heavy atom. The molecule has 3 heterocycles. The molecule has 19 heavy (non-hydrogen) atoms. The van der Waals surface area contributed by atoms with Gasteiger partial charge in [0.15, 0.2) is 12.0 Å². The summed E-state index contributed by atoms with van der Waals surface area (Å²) in [7, 11) is 0. The molecule has 4 nitrogen and oxygen atoms in total. The molecular weight excluding hydrogens is 240 g/mol. The largest absolute Gasteiger partial charge is 0.443 e. The molecule has 0 bridgehead atoms. The molecule has 1 unspecified atom stereocenters. The third-order valence-electron chi connectivity index (χ3n) is 4.50. The van der Waals surface area contributed by atoms with E-state index < -0.39 is 0 Å². The smallest absolute Gasteiger partial charge is 0.181 e. The number of ether oxygens (including phenoxy) is 1. The Kier molecular flexibility index (Phi) is 2.60. The molecule has 2 saturated heterocycles. The molecule has 1 aromatic heterocycles. The summed E-state index contributed by atoms with van der Waals surface area (Å²) >= 11 is 0. The average molecular weight is 258 g/mol. The Labute approximate surface area is 112 Å². The van der Waals surface area contributed by atoms with Crippen molar-refractivity contribution in [2.24, 2.45) is 0 Å². The van der Waals surface area contributed by atoms with Crippen molar-refractivity contribution in [1.82, 2.24) is 10.3 Å². The van der Waals surface area contributed by atoms with E-state index in [-0.39, 0.29) is 5.41 Å². The normalized spacial score (nSPS) is 25.6. The van der Waals surface area contributed by atoms with Gasteiger partial charge in [0.25, 0.3) is 0 Å². The van der Waals surface area contributed by atoms with Crippen molar-refractivity contribution < 1.29 is 9.15 Å². The molecule has 4 rings (SSSR count). The van der Waals surface area contributed by atoms with Crippen molar-refractivity contribution in [1.29, 1.82) is 0 Å². The molecule has 0 aliphatic carbocycles. The van der Waals surface area contributed by atoms with Crippen molar-refractivity contribution in [2.45, 2.75) is 30.7 Å². The molecule has 0 amide bonds. The van der Waals surface area contributed by atoms with E-state index in [1.54, 1.807) is 0 Å². The van der Waals surface area contributed by atoms with Crippen LogP contribution < -0.4 is 5.32 Å². The lowest BCUT2D eigenvalue weighted by molar-refractivity contribution is -0.0679. The summed E-state index contributed by atoms with van der Waals surface area (Å²) in [6.45, 7) is 2.80. The van der Waals surface area contributed by atoms with E-state index >= 15 is 0 Å². The summed E-state index contributed by atoms with van der Waals surface area (Å²) in [5.41, 5.74) is 3.31. The molecule has 100 valence electrons. The van der Waals surface area contributed by atoms with Crippen LogP contribution in [0.1, 0.15) is 24.8 Å². The summed E-state index contributed by atoms with van der Waals surface area (Å²) < 4.78 is 10.9. The van der Waals surface area contributed by atoms with Gasteiger partial charge in [-0.25, -0.2) is 4.98 Å². The molecule has 1 aromatic carbocycles. The van der Waals surface area contributed by atoms with E-state index in [4.69, 9.17) is 9.15 Å². The second kappa shape index (κ2) is 4.32. The van der Waals surface area contributed by atoms with Crippen LogP contribution in [0.15, 0.2) is 29.0 Å². The molecule has 2 fully saturated rings. The lowest BCUT2D eigenvalue weighted by Crippen LogP contribution is -2.50. The fourth-order valence-electron chi connectivity index (χ4n) is 3.34. The second-order valence-electron chi connectivity index (χ2n) is 5.81. The lowest BCUT2D eigenvalue weighted by Gasteiger charge is -2.43. The number of oxazole rings is 1. The number of hydrogen-bond acceptors (Lipinski definition) is 4. The lowest BCUT2D eigenvalue weighted by atomic mass is 9.73. The fourth-order valence-corrected chi connectivity index (χ4v) is 3.34. The van der Waals surface area contributed by atoms with E-state index in [2.05, 4.69) is 28.5 Å². The predicted octanol–water partition coefficient (Wildman–Crippen LogP) is 2.24. The first-order valence-corrected chi connectivity index (χ1v) is 7.01. The Balaban J connectivity index is 1.66. The van der Waals surface area contributed by atoms with Gasteiger partial charge < -0.3 is 14.5 Å². The molecule has 2 aliphatic heterocycles. The quantitative estimate of drug-likeness (QED) is 0.917. The molecule has 2 aliphatic rings. The van der Waals surface area contributed by atoms with Crippen LogP contribution in [0.5, 0.6) is 0 Å². The van der Waals surface area contributed by atoms with Crippen molar-refractivity contribution in [3.8, 4) is 0 Å². The zero-order valence-electron chi connectivity index (χ0n) is 10.9. The van der Waals surface area contributed by atoms with Gasteiger partial charge in [-0.3, -0.25) is 0 Å². The summed E-state index contributed by atoms with van der Waals surface area (Å²) in [6, 6.07) is 7.01. The zero-order valence-corrected chi connectivity index (χ0v) is 10.9. The molecule has 1 atom stereocenters. The Morgan fingerprint density at radius 3 is 3.05 bits per heavy atom. The van der Waals surface area contributed by atoms with Crippen LogP contribution in [-0.4, -0.2) is 30.8 Å². The Morgan fingerprint density at radius 2 is 2.32 bits per heavy atom. The summed E-state index contributed by atoms with van der Waals surface area (Å²) in [6.07, 6.45) is 5.25. The summed E-state index contributed by atoms with van der Waals surface area (Å²) in [4.78, 5) is 4.18. The van der Waals surface area contributed by atoms with Gasteiger partial charge in [-0.2, -0.15) is 0 Å². The van der Waals surface area contributed by atoms with Crippen LogP contribution >= 0.6 is 0 Å². The van der Waals surface area contributed by atoms with E-state index in [9.17, 15) is 0 Å². The van der Waals surface area contributed by atoms with Crippen molar-refractivity contribution >= 4 is 11.1 Å². The average Bonchev–Trinajstić information content (AvgIpc) is 3.04. The first-order chi connectivity index (χ1) is 9.36. The number of nitrogens with zero attached hydrogens (tertiary/aromatic N) is 1. The van der Waals surface area contributed by atoms with Crippen LogP contribution in [0.3, 0.4) is 0 Å². The minimum atomic E-state index is 0.170. The Bertz CT molecular complexity index is 583. The monoisotopic (exact) mass is 258 g/mol. The minimum absolute atomic E-state index is 0.170. The standard InChI is InChI=1S/C15H18N2O2/c1-2-12(16-5-1)7-15(8-18-9-15)11-3-4-13-14(6-11)19-10-17-13/h3-4,6,10,12,16H,1-2,5,7-9H2. The van der Waals surface area contributed by atoms with E-state index in [0.717, 1.165) is 37.3 Å². The molecule has 0 spiro atoms. The SMILES string of the molecule is c1nc2ccc(C3(CC4CCCN4)COC3)cc2o1. The van der Waals surface area contributed by atoms with E-state index in [1.807, 2.05) is 0 Å². The molecular formula is C15H18N2O2. The first kappa shape index (κ1) is 11.4. The maximum absolute atomic E-state index is 5.52. The van der Waals surface area contributed by atoms with Gasteiger partial charge in [-0.05, 0) is 43.5 Å². The summed E-state index contributed by atoms with van der Waals surface area (Å²) in [5, 5.41) is 3.59. The topological polar surface area (TPSA) is 47.3 Å². The molecule has 2 aromatic rings. The van der Waals surface area contributed by atoms with Crippen molar-refractivity contribution in [3.63, 3.8) is 0 Å². The van der Waals surface area contributed by atoms with Crippen LogP contribution in [0, 0.1) is 0 Å². The highest BCUT2D eigenvalue weighted by Gasteiger charge is 2.42. The molecule has 0 radical (unpaired) electrons. The molecule has 1 N–H and O–H groups in total. The van der Waals surface area contributed by atoms with Gasteiger partial charge in [-0.15, -0.1) is 0 Å². The third kappa shape index (κ3) is 1.86. The number of benzene rings is 1. The highest BCUT2D eigenvalue weighted by molar-refractivity contribution is 5.73. The van der Waals surface area contributed by atoms with Gasteiger partial charge in [-0.1, -0.05) is 6.07 Å². The van der Waals surface area contributed by atoms with E-state index in [1.165, 1.54) is 24.8 Å². The predicted molar refractivity (Wildman–Crippen MR) is 72.1 cm³/mol. The number of fused-ring (bicyclic) bond motifs is 1. The summed E-state index contributed by atoms with van der Waals surface area (Å²) in [5.74, 6) is 0. The zero-order chi connectivity index (χ0) is 12.7. The number of rotatable bonds is 3.